The van der Waals surface area contributed by atoms with E-state index < -0.39 is 0 Å². The van der Waals surface area contributed by atoms with Crippen LogP contribution in [0.15, 0.2) is 29.2 Å². The van der Waals surface area contributed by atoms with Gasteiger partial charge in [-0.05, 0) is 37.4 Å². The standard InChI is InChI=1S/C11H11N3OS2/c1-7-13-14-11(17-7)12-10(15)8-3-5-9(16-2)6-4-8/h3-6H,1-2H3,(H,12,14,15). The van der Waals surface area contributed by atoms with Crippen LogP contribution in [0, 0.1) is 6.92 Å². The Morgan fingerprint density at radius 1 is 1.29 bits per heavy atom. The van der Waals surface area contributed by atoms with Crippen LogP contribution >= 0.6 is 23.1 Å². The number of thioether (sulfide) groups is 1. The SMILES string of the molecule is CSc1ccc(C(=O)Nc2nnc(C)s2)cc1. The Bertz CT molecular complexity index is 522. The van der Waals surface area contributed by atoms with Crippen molar-refractivity contribution in [3.05, 3.63) is 34.8 Å². The first-order chi connectivity index (χ1) is 8.19. The van der Waals surface area contributed by atoms with Crippen LogP contribution in [-0.2, 0) is 0 Å². The smallest absolute Gasteiger partial charge is 0.257 e. The molecule has 88 valence electrons. The fourth-order valence-electron chi connectivity index (χ4n) is 1.26. The van der Waals surface area contributed by atoms with Gasteiger partial charge in [-0.2, -0.15) is 0 Å². The number of rotatable bonds is 3. The number of benzene rings is 1. The van der Waals surface area contributed by atoms with Gasteiger partial charge in [0.1, 0.15) is 5.01 Å². The molecule has 0 aliphatic rings. The fraction of sp³-hybridized carbons (Fsp3) is 0.182. The molecule has 1 aromatic carbocycles. The Labute approximate surface area is 107 Å². The van der Waals surface area contributed by atoms with E-state index in [1.165, 1.54) is 11.3 Å². The molecule has 4 nitrogen and oxygen atoms in total. The number of hydrogen-bond acceptors (Lipinski definition) is 5. The van der Waals surface area contributed by atoms with E-state index in [9.17, 15) is 4.79 Å². The van der Waals surface area contributed by atoms with Gasteiger partial charge in [0, 0.05) is 10.5 Å². The van der Waals surface area contributed by atoms with E-state index in [-0.39, 0.29) is 5.91 Å². The predicted molar refractivity (Wildman–Crippen MR) is 70.8 cm³/mol. The van der Waals surface area contributed by atoms with E-state index in [1.54, 1.807) is 23.9 Å². The summed E-state index contributed by atoms with van der Waals surface area (Å²) >= 11 is 3.00. The normalized spacial score (nSPS) is 10.2. The molecule has 2 rings (SSSR count). The van der Waals surface area contributed by atoms with Gasteiger partial charge in [0.25, 0.3) is 5.91 Å². The van der Waals surface area contributed by atoms with Crippen molar-refractivity contribution in [2.45, 2.75) is 11.8 Å². The average molecular weight is 265 g/mol. The summed E-state index contributed by atoms with van der Waals surface area (Å²) in [5.74, 6) is -0.159. The largest absolute Gasteiger partial charge is 0.296 e. The number of hydrogen-bond donors (Lipinski definition) is 1. The van der Waals surface area contributed by atoms with Crippen LogP contribution in [0.5, 0.6) is 0 Å². The minimum absolute atomic E-state index is 0.159. The van der Waals surface area contributed by atoms with Crippen LogP contribution in [0.2, 0.25) is 0 Å². The highest BCUT2D eigenvalue weighted by atomic mass is 32.2. The van der Waals surface area contributed by atoms with Crippen molar-refractivity contribution >= 4 is 34.1 Å². The van der Waals surface area contributed by atoms with Gasteiger partial charge < -0.3 is 0 Å². The summed E-state index contributed by atoms with van der Waals surface area (Å²) in [6.45, 7) is 1.85. The van der Waals surface area contributed by atoms with Crippen LogP contribution in [0.25, 0.3) is 0 Å². The predicted octanol–water partition coefficient (Wildman–Crippen LogP) is 2.82. The van der Waals surface area contributed by atoms with Gasteiger partial charge in [0.2, 0.25) is 5.13 Å². The molecule has 6 heteroatoms. The van der Waals surface area contributed by atoms with Crippen molar-refractivity contribution in [3.63, 3.8) is 0 Å². The molecule has 0 aliphatic carbocycles. The lowest BCUT2D eigenvalue weighted by Crippen LogP contribution is -2.11. The van der Waals surface area contributed by atoms with E-state index >= 15 is 0 Å². The van der Waals surface area contributed by atoms with Crippen LogP contribution < -0.4 is 5.32 Å². The van der Waals surface area contributed by atoms with Crippen LogP contribution in [0.1, 0.15) is 15.4 Å². The number of aryl methyl sites for hydroxylation is 1. The lowest BCUT2D eigenvalue weighted by molar-refractivity contribution is 0.102. The molecule has 0 saturated heterocycles. The molecule has 0 radical (unpaired) electrons. The van der Waals surface area contributed by atoms with Crippen molar-refractivity contribution in [2.75, 3.05) is 11.6 Å². The van der Waals surface area contributed by atoms with Crippen molar-refractivity contribution in [3.8, 4) is 0 Å². The minimum atomic E-state index is -0.159. The number of aromatic nitrogens is 2. The summed E-state index contributed by atoms with van der Waals surface area (Å²) in [6.07, 6.45) is 2.00. The fourth-order valence-corrected chi connectivity index (χ4v) is 2.25. The Morgan fingerprint density at radius 3 is 2.53 bits per heavy atom. The maximum absolute atomic E-state index is 11.8. The molecule has 1 N–H and O–H groups in total. The molecule has 17 heavy (non-hydrogen) atoms. The number of carbonyl (C=O) groups is 1. The van der Waals surface area contributed by atoms with Gasteiger partial charge in [0.05, 0.1) is 0 Å². The Hall–Kier alpha value is -1.40. The molecule has 0 atom stereocenters. The third-order valence-electron chi connectivity index (χ3n) is 2.10. The van der Waals surface area contributed by atoms with Gasteiger partial charge in [-0.3, -0.25) is 10.1 Å². The van der Waals surface area contributed by atoms with Crippen molar-refractivity contribution in [1.82, 2.24) is 10.2 Å². The summed E-state index contributed by atoms with van der Waals surface area (Å²) in [6, 6.07) is 7.44. The average Bonchev–Trinajstić information content (AvgIpc) is 2.75. The molecule has 1 heterocycles. The molecule has 1 amide bonds. The maximum atomic E-state index is 11.8. The van der Waals surface area contributed by atoms with Gasteiger partial charge in [-0.25, -0.2) is 0 Å². The highest BCUT2D eigenvalue weighted by Crippen LogP contribution is 2.17. The van der Waals surface area contributed by atoms with Gasteiger partial charge in [-0.15, -0.1) is 22.0 Å². The summed E-state index contributed by atoms with van der Waals surface area (Å²) in [5.41, 5.74) is 0.621. The Morgan fingerprint density at radius 2 is 2.00 bits per heavy atom. The second-order valence-corrected chi connectivity index (χ2v) is 5.37. The highest BCUT2D eigenvalue weighted by molar-refractivity contribution is 7.98. The lowest BCUT2D eigenvalue weighted by atomic mass is 10.2. The number of carbonyl (C=O) groups excluding carboxylic acids is 1. The molecule has 0 aliphatic heterocycles. The maximum Gasteiger partial charge on any atom is 0.257 e. The number of amides is 1. The first kappa shape index (κ1) is 12.1. The molecule has 2 aromatic rings. The Kier molecular flexibility index (Phi) is 3.75. The highest BCUT2D eigenvalue weighted by Gasteiger charge is 2.08. The van der Waals surface area contributed by atoms with Crippen molar-refractivity contribution in [1.29, 1.82) is 0 Å². The van der Waals surface area contributed by atoms with E-state index in [0.717, 1.165) is 9.90 Å². The summed E-state index contributed by atoms with van der Waals surface area (Å²) in [5, 5.41) is 11.8. The second-order valence-electron chi connectivity index (χ2n) is 3.31. The van der Waals surface area contributed by atoms with Gasteiger partial charge in [0.15, 0.2) is 0 Å². The lowest BCUT2D eigenvalue weighted by Gasteiger charge is -2.01. The molecule has 0 unspecified atom stereocenters. The molecule has 1 aromatic heterocycles. The van der Waals surface area contributed by atoms with Crippen LogP contribution in [0.3, 0.4) is 0 Å². The minimum Gasteiger partial charge on any atom is -0.296 e. The summed E-state index contributed by atoms with van der Waals surface area (Å²) < 4.78 is 0. The quantitative estimate of drug-likeness (QED) is 0.867. The first-order valence-corrected chi connectivity index (χ1v) is 6.98. The summed E-state index contributed by atoms with van der Waals surface area (Å²) in [4.78, 5) is 13.0. The number of nitrogens with zero attached hydrogens (tertiary/aromatic N) is 2. The van der Waals surface area contributed by atoms with E-state index in [0.29, 0.717) is 10.7 Å². The monoisotopic (exact) mass is 265 g/mol. The third-order valence-corrected chi connectivity index (χ3v) is 3.60. The Balaban J connectivity index is 2.09. The third kappa shape index (κ3) is 3.04. The van der Waals surface area contributed by atoms with Gasteiger partial charge in [-0.1, -0.05) is 11.3 Å². The van der Waals surface area contributed by atoms with Crippen LogP contribution in [-0.4, -0.2) is 22.4 Å². The summed E-state index contributed by atoms with van der Waals surface area (Å²) in [7, 11) is 0. The van der Waals surface area contributed by atoms with Crippen molar-refractivity contribution in [2.24, 2.45) is 0 Å². The van der Waals surface area contributed by atoms with E-state index in [2.05, 4.69) is 15.5 Å². The second kappa shape index (κ2) is 5.29. The zero-order valence-electron chi connectivity index (χ0n) is 9.43. The van der Waals surface area contributed by atoms with Crippen LogP contribution in [0.4, 0.5) is 5.13 Å². The molecular weight excluding hydrogens is 254 g/mol. The van der Waals surface area contributed by atoms with Gasteiger partial charge >= 0.3 is 0 Å². The molecule has 0 fully saturated rings. The molecule has 0 bridgehead atoms. The first-order valence-electron chi connectivity index (χ1n) is 4.94. The molecule has 0 spiro atoms. The number of nitrogens with one attached hydrogen (secondary N) is 1. The molecule has 0 saturated carbocycles. The zero-order chi connectivity index (χ0) is 12.3. The van der Waals surface area contributed by atoms with E-state index in [4.69, 9.17) is 0 Å². The number of anilines is 1. The molecular formula is C11H11N3OS2. The zero-order valence-corrected chi connectivity index (χ0v) is 11.1. The topological polar surface area (TPSA) is 54.9 Å². The van der Waals surface area contributed by atoms with E-state index in [1.807, 2.05) is 25.3 Å². The van der Waals surface area contributed by atoms with Crippen molar-refractivity contribution < 1.29 is 4.79 Å².